The molecular formula is C18H21N3O2. The fourth-order valence-corrected chi connectivity index (χ4v) is 2.04. The molecule has 0 unspecified atom stereocenters. The Kier molecular flexibility index (Phi) is 6.84. The number of nitrogens with one attached hydrogen (secondary N) is 3. The van der Waals surface area contributed by atoms with Crippen molar-refractivity contribution in [2.75, 3.05) is 18.4 Å². The van der Waals surface area contributed by atoms with E-state index in [2.05, 4.69) is 10.6 Å². The molecule has 0 fully saturated rings. The highest BCUT2D eigenvalue weighted by Gasteiger charge is 1.95. The van der Waals surface area contributed by atoms with Crippen molar-refractivity contribution in [3.8, 4) is 0 Å². The van der Waals surface area contributed by atoms with Crippen molar-refractivity contribution in [3.05, 3.63) is 71.8 Å². The number of hydroxylamine groups is 1. The lowest BCUT2D eigenvalue weighted by molar-refractivity contribution is -0.124. The molecule has 0 saturated carbocycles. The SMILES string of the molecule is O=C(C=Cc1ccc(CNCCNc2ccccc2)cc1)NO. The minimum absolute atomic E-state index is 0.540. The lowest BCUT2D eigenvalue weighted by Crippen LogP contribution is -2.21. The molecule has 0 atom stereocenters. The van der Waals surface area contributed by atoms with E-state index in [1.54, 1.807) is 11.6 Å². The van der Waals surface area contributed by atoms with Crippen LogP contribution in [0.2, 0.25) is 0 Å². The first-order chi connectivity index (χ1) is 11.3. The molecule has 2 rings (SSSR count). The molecule has 0 spiro atoms. The smallest absolute Gasteiger partial charge is 0.267 e. The standard InChI is InChI=1S/C18H21N3O2/c22-18(21-23)11-10-15-6-8-16(9-7-15)14-19-12-13-20-17-4-2-1-3-5-17/h1-11,19-20,23H,12-14H2,(H,21,22). The van der Waals surface area contributed by atoms with Crippen LogP contribution in [0.15, 0.2) is 60.7 Å². The zero-order valence-corrected chi connectivity index (χ0v) is 12.8. The van der Waals surface area contributed by atoms with Crippen LogP contribution in [0.25, 0.3) is 6.08 Å². The second-order valence-electron chi connectivity index (χ2n) is 5.02. The van der Waals surface area contributed by atoms with Gasteiger partial charge < -0.3 is 10.6 Å². The van der Waals surface area contributed by atoms with Gasteiger partial charge in [0.05, 0.1) is 0 Å². The van der Waals surface area contributed by atoms with Crippen molar-refractivity contribution >= 4 is 17.7 Å². The Hall–Kier alpha value is -2.63. The maximum atomic E-state index is 10.9. The molecule has 0 saturated heterocycles. The second kappa shape index (κ2) is 9.40. The van der Waals surface area contributed by atoms with Crippen molar-refractivity contribution in [3.63, 3.8) is 0 Å². The molecule has 2 aromatic carbocycles. The second-order valence-corrected chi connectivity index (χ2v) is 5.02. The Morgan fingerprint density at radius 1 is 1.00 bits per heavy atom. The summed E-state index contributed by atoms with van der Waals surface area (Å²) in [5, 5.41) is 15.1. The molecule has 0 heterocycles. The number of hydrogen-bond acceptors (Lipinski definition) is 4. The van der Waals surface area contributed by atoms with Gasteiger partial charge in [-0.15, -0.1) is 0 Å². The molecule has 0 aliphatic heterocycles. The van der Waals surface area contributed by atoms with Crippen LogP contribution in [0.1, 0.15) is 11.1 Å². The van der Waals surface area contributed by atoms with E-state index in [9.17, 15) is 4.79 Å². The average molecular weight is 311 g/mol. The molecular weight excluding hydrogens is 290 g/mol. The first-order valence-corrected chi connectivity index (χ1v) is 7.48. The Morgan fingerprint density at radius 3 is 2.43 bits per heavy atom. The van der Waals surface area contributed by atoms with E-state index in [1.807, 2.05) is 54.6 Å². The third-order valence-corrected chi connectivity index (χ3v) is 3.25. The normalized spacial score (nSPS) is 10.7. The first kappa shape index (κ1) is 16.7. The van der Waals surface area contributed by atoms with Gasteiger partial charge >= 0.3 is 0 Å². The highest BCUT2D eigenvalue weighted by Crippen LogP contribution is 2.06. The van der Waals surface area contributed by atoms with Gasteiger partial charge in [-0.3, -0.25) is 10.0 Å². The number of para-hydroxylation sites is 1. The quantitative estimate of drug-likeness (QED) is 0.261. The summed E-state index contributed by atoms with van der Waals surface area (Å²) in [6, 6.07) is 18.0. The van der Waals surface area contributed by atoms with E-state index in [4.69, 9.17) is 5.21 Å². The molecule has 0 aliphatic carbocycles. The van der Waals surface area contributed by atoms with Gasteiger partial charge in [0.1, 0.15) is 0 Å². The summed E-state index contributed by atoms with van der Waals surface area (Å²) in [6.07, 6.45) is 2.93. The molecule has 2 aromatic rings. The number of benzene rings is 2. The van der Waals surface area contributed by atoms with Gasteiger partial charge in [-0.25, -0.2) is 5.48 Å². The molecule has 120 valence electrons. The summed E-state index contributed by atoms with van der Waals surface area (Å²) in [7, 11) is 0. The van der Waals surface area contributed by atoms with Crippen LogP contribution in [-0.4, -0.2) is 24.2 Å². The summed E-state index contributed by atoms with van der Waals surface area (Å²) in [6.45, 7) is 2.52. The summed E-state index contributed by atoms with van der Waals surface area (Å²) < 4.78 is 0. The summed E-state index contributed by atoms with van der Waals surface area (Å²) >= 11 is 0. The van der Waals surface area contributed by atoms with Gasteiger partial charge in [0.15, 0.2) is 0 Å². The lowest BCUT2D eigenvalue weighted by atomic mass is 10.1. The highest BCUT2D eigenvalue weighted by atomic mass is 16.5. The van der Waals surface area contributed by atoms with Gasteiger partial charge in [0.25, 0.3) is 5.91 Å². The highest BCUT2D eigenvalue weighted by molar-refractivity contribution is 5.90. The number of rotatable bonds is 8. The van der Waals surface area contributed by atoms with Gasteiger partial charge in [0, 0.05) is 31.4 Å². The van der Waals surface area contributed by atoms with Crippen molar-refractivity contribution in [1.29, 1.82) is 0 Å². The Morgan fingerprint density at radius 2 is 1.74 bits per heavy atom. The number of anilines is 1. The van der Waals surface area contributed by atoms with Gasteiger partial charge in [0.2, 0.25) is 0 Å². The van der Waals surface area contributed by atoms with Crippen molar-refractivity contribution < 1.29 is 10.0 Å². The molecule has 23 heavy (non-hydrogen) atoms. The first-order valence-electron chi connectivity index (χ1n) is 7.48. The van der Waals surface area contributed by atoms with Gasteiger partial charge in [-0.1, -0.05) is 42.5 Å². The molecule has 5 nitrogen and oxygen atoms in total. The molecule has 0 aliphatic rings. The van der Waals surface area contributed by atoms with Gasteiger partial charge in [-0.2, -0.15) is 0 Å². The minimum Gasteiger partial charge on any atom is -0.384 e. The number of carbonyl (C=O) groups is 1. The van der Waals surface area contributed by atoms with E-state index >= 15 is 0 Å². The number of carbonyl (C=O) groups excluding carboxylic acids is 1. The monoisotopic (exact) mass is 311 g/mol. The third kappa shape index (κ3) is 6.34. The topological polar surface area (TPSA) is 73.4 Å². The van der Waals surface area contributed by atoms with Crippen molar-refractivity contribution in [2.24, 2.45) is 0 Å². The van der Waals surface area contributed by atoms with Gasteiger partial charge in [-0.05, 0) is 29.3 Å². The summed E-state index contributed by atoms with van der Waals surface area (Å²) in [5.41, 5.74) is 4.76. The zero-order chi connectivity index (χ0) is 16.3. The van der Waals surface area contributed by atoms with E-state index < -0.39 is 5.91 Å². The summed E-state index contributed by atoms with van der Waals surface area (Å²) in [5.74, 6) is -0.540. The number of amides is 1. The number of hydrogen-bond donors (Lipinski definition) is 4. The van der Waals surface area contributed by atoms with Crippen molar-refractivity contribution in [1.82, 2.24) is 10.8 Å². The van der Waals surface area contributed by atoms with Crippen LogP contribution < -0.4 is 16.1 Å². The van der Waals surface area contributed by atoms with Crippen LogP contribution in [0.4, 0.5) is 5.69 Å². The van der Waals surface area contributed by atoms with E-state index in [0.717, 1.165) is 30.9 Å². The maximum absolute atomic E-state index is 10.9. The van der Waals surface area contributed by atoms with E-state index in [1.165, 1.54) is 11.6 Å². The van der Waals surface area contributed by atoms with Crippen LogP contribution >= 0.6 is 0 Å². The predicted molar refractivity (Wildman–Crippen MR) is 92.0 cm³/mol. The fraction of sp³-hybridized carbons (Fsp3) is 0.167. The van der Waals surface area contributed by atoms with Crippen LogP contribution in [0, 0.1) is 0 Å². The van der Waals surface area contributed by atoms with Crippen LogP contribution in [0.5, 0.6) is 0 Å². The Balaban J connectivity index is 1.68. The summed E-state index contributed by atoms with van der Waals surface area (Å²) in [4.78, 5) is 10.9. The lowest BCUT2D eigenvalue weighted by Gasteiger charge is -2.08. The van der Waals surface area contributed by atoms with E-state index in [-0.39, 0.29) is 0 Å². The predicted octanol–water partition coefficient (Wildman–Crippen LogP) is 2.41. The zero-order valence-electron chi connectivity index (χ0n) is 12.8. The Bertz CT molecular complexity index is 624. The largest absolute Gasteiger partial charge is 0.384 e. The molecule has 1 amide bonds. The molecule has 0 aromatic heterocycles. The molecule has 0 radical (unpaired) electrons. The fourth-order valence-electron chi connectivity index (χ4n) is 2.04. The third-order valence-electron chi connectivity index (χ3n) is 3.25. The maximum Gasteiger partial charge on any atom is 0.267 e. The molecule has 4 N–H and O–H groups in total. The van der Waals surface area contributed by atoms with E-state index in [0.29, 0.717) is 0 Å². The minimum atomic E-state index is -0.540. The molecule has 5 heteroatoms. The average Bonchev–Trinajstić information content (AvgIpc) is 2.61. The van der Waals surface area contributed by atoms with Crippen LogP contribution in [0.3, 0.4) is 0 Å². The van der Waals surface area contributed by atoms with Crippen LogP contribution in [-0.2, 0) is 11.3 Å². The molecule has 0 bridgehead atoms. The van der Waals surface area contributed by atoms with Crippen molar-refractivity contribution in [2.45, 2.75) is 6.54 Å². The Labute approximate surface area is 136 Å².